The molecule has 0 heterocycles. The molecule has 0 saturated heterocycles. The van der Waals surface area contributed by atoms with Crippen LogP contribution >= 0.6 is 0 Å². The van der Waals surface area contributed by atoms with Crippen molar-refractivity contribution in [3.63, 3.8) is 0 Å². The lowest BCUT2D eigenvalue weighted by Gasteiger charge is -2.08. The summed E-state index contributed by atoms with van der Waals surface area (Å²) in [6.07, 6.45) is 30.0. The maximum atomic E-state index is 12.0. The van der Waals surface area contributed by atoms with E-state index in [9.17, 15) is 9.59 Å². The zero-order valence-corrected chi connectivity index (χ0v) is 25.1. The van der Waals surface area contributed by atoms with Crippen LogP contribution in [0.25, 0.3) is 0 Å². The van der Waals surface area contributed by atoms with E-state index in [1.807, 2.05) is 0 Å². The molecular formula is C32H65N3O2. The fourth-order valence-electron chi connectivity index (χ4n) is 4.78. The first-order chi connectivity index (χ1) is 18.2. The SMILES string of the molecule is CCCCCCCCCCCCCCCC(=O)NCCNCCNC(=O)CCCCCCCCCCC. The Morgan fingerprint density at radius 2 is 0.649 bits per heavy atom. The van der Waals surface area contributed by atoms with Gasteiger partial charge in [0, 0.05) is 39.0 Å². The van der Waals surface area contributed by atoms with Gasteiger partial charge < -0.3 is 16.0 Å². The van der Waals surface area contributed by atoms with Crippen LogP contribution in [-0.4, -0.2) is 38.0 Å². The van der Waals surface area contributed by atoms with Gasteiger partial charge in [-0.3, -0.25) is 9.59 Å². The van der Waals surface area contributed by atoms with Crippen molar-refractivity contribution in [3.8, 4) is 0 Å². The van der Waals surface area contributed by atoms with Gasteiger partial charge in [-0.1, -0.05) is 142 Å². The van der Waals surface area contributed by atoms with Crippen LogP contribution in [0.15, 0.2) is 0 Å². The van der Waals surface area contributed by atoms with E-state index in [1.54, 1.807) is 0 Å². The van der Waals surface area contributed by atoms with Gasteiger partial charge >= 0.3 is 0 Å². The molecule has 0 bridgehead atoms. The molecule has 0 unspecified atom stereocenters. The van der Waals surface area contributed by atoms with Gasteiger partial charge in [-0.2, -0.15) is 0 Å². The molecule has 0 spiro atoms. The lowest BCUT2D eigenvalue weighted by atomic mass is 10.0. The number of rotatable bonds is 30. The third kappa shape index (κ3) is 31.0. The number of nitrogens with one attached hydrogen (secondary N) is 3. The van der Waals surface area contributed by atoms with Gasteiger partial charge in [0.2, 0.25) is 11.8 Å². The van der Waals surface area contributed by atoms with Gasteiger partial charge in [-0.15, -0.1) is 0 Å². The molecule has 220 valence electrons. The maximum absolute atomic E-state index is 12.0. The Kier molecular flexibility index (Phi) is 30.2. The second-order valence-electron chi connectivity index (χ2n) is 11.0. The summed E-state index contributed by atoms with van der Waals surface area (Å²) in [4.78, 5) is 23.8. The smallest absolute Gasteiger partial charge is 0.220 e. The second-order valence-corrected chi connectivity index (χ2v) is 11.0. The molecule has 0 rings (SSSR count). The second kappa shape index (κ2) is 31.1. The van der Waals surface area contributed by atoms with E-state index in [2.05, 4.69) is 29.8 Å². The number of hydrogen-bond donors (Lipinski definition) is 3. The summed E-state index contributed by atoms with van der Waals surface area (Å²) in [6.45, 7) is 7.34. The molecule has 0 aromatic heterocycles. The van der Waals surface area contributed by atoms with Gasteiger partial charge in [0.25, 0.3) is 0 Å². The van der Waals surface area contributed by atoms with E-state index < -0.39 is 0 Å². The Bertz CT molecular complexity index is 485. The van der Waals surface area contributed by atoms with E-state index >= 15 is 0 Å². The standard InChI is InChI=1S/C32H65N3O2/c1-3-5-7-9-11-13-14-15-16-18-20-22-24-26-32(37)35-30-28-33-27-29-34-31(36)25-23-21-19-17-12-10-8-6-4-2/h33H,3-30H2,1-2H3,(H,34,36)(H,35,37). The molecule has 37 heavy (non-hydrogen) atoms. The summed E-state index contributed by atoms with van der Waals surface area (Å²) < 4.78 is 0. The summed E-state index contributed by atoms with van der Waals surface area (Å²) in [5, 5.41) is 9.27. The van der Waals surface area contributed by atoms with Crippen molar-refractivity contribution in [1.82, 2.24) is 16.0 Å². The van der Waals surface area contributed by atoms with E-state index in [-0.39, 0.29) is 11.8 Å². The van der Waals surface area contributed by atoms with Crippen LogP contribution in [0.2, 0.25) is 0 Å². The highest BCUT2D eigenvalue weighted by atomic mass is 16.2. The molecule has 0 aromatic rings. The number of carbonyl (C=O) groups excluding carboxylic acids is 2. The molecule has 0 aliphatic carbocycles. The fraction of sp³-hybridized carbons (Fsp3) is 0.938. The highest BCUT2D eigenvalue weighted by Gasteiger charge is 2.02. The van der Waals surface area contributed by atoms with Crippen LogP contribution in [-0.2, 0) is 9.59 Å². The summed E-state index contributed by atoms with van der Waals surface area (Å²) in [5.74, 6) is 0.329. The molecular weight excluding hydrogens is 458 g/mol. The van der Waals surface area contributed by atoms with Crippen LogP contribution in [0.3, 0.4) is 0 Å². The summed E-state index contributed by atoms with van der Waals surface area (Å²) in [6, 6.07) is 0. The van der Waals surface area contributed by atoms with E-state index in [1.165, 1.54) is 128 Å². The van der Waals surface area contributed by atoms with Gasteiger partial charge in [0.15, 0.2) is 0 Å². The zero-order valence-electron chi connectivity index (χ0n) is 25.1. The Balaban J connectivity index is 3.25. The molecule has 0 radical (unpaired) electrons. The average molecular weight is 524 g/mol. The molecule has 0 aliphatic heterocycles. The first kappa shape index (κ1) is 35.9. The average Bonchev–Trinajstić information content (AvgIpc) is 2.89. The molecule has 3 N–H and O–H groups in total. The fourth-order valence-corrected chi connectivity index (χ4v) is 4.78. The lowest BCUT2D eigenvalue weighted by molar-refractivity contribution is -0.121. The number of carbonyl (C=O) groups is 2. The third-order valence-electron chi connectivity index (χ3n) is 7.26. The normalized spacial score (nSPS) is 11.1. The van der Waals surface area contributed by atoms with E-state index in [0.717, 1.165) is 25.9 Å². The van der Waals surface area contributed by atoms with Crippen molar-refractivity contribution in [2.24, 2.45) is 0 Å². The van der Waals surface area contributed by atoms with E-state index in [0.29, 0.717) is 25.9 Å². The largest absolute Gasteiger partial charge is 0.355 e. The number of hydrogen-bond acceptors (Lipinski definition) is 3. The lowest BCUT2D eigenvalue weighted by Crippen LogP contribution is -2.36. The quantitative estimate of drug-likeness (QED) is 0.0831. The van der Waals surface area contributed by atoms with Crippen LogP contribution in [0.1, 0.15) is 168 Å². The van der Waals surface area contributed by atoms with Gasteiger partial charge in [0.1, 0.15) is 0 Å². The molecule has 0 atom stereocenters. The Morgan fingerprint density at radius 1 is 0.378 bits per heavy atom. The van der Waals surface area contributed by atoms with Gasteiger partial charge in [0.05, 0.1) is 0 Å². The van der Waals surface area contributed by atoms with Crippen molar-refractivity contribution < 1.29 is 9.59 Å². The number of amides is 2. The van der Waals surface area contributed by atoms with Gasteiger partial charge in [-0.05, 0) is 12.8 Å². The van der Waals surface area contributed by atoms with Crippen molar-refractivity contribution in [3.05, 3.63) is 0 Å². The Labute approximate surface area is 231 Å². The minimum absolute atomic E-state index is 0.163. The highest BCUT2D eigenvalue weighted by molar-refractivity contribution is 5.76. The predicted octanol–water partition coefficient (Wildman–Crippen LogP) is 8.21. The minimum atomic E-state index is 0.163. The molecule has 0 fully saturated rings. The minimum Gasteiger partial charge on any atom is -0.355 e. The van der Waals surface area contributed by atoms with E-state index in [4.69, 9.17) is 0 Å². The molecule has 5 heteroatoms. The van der Waals surface area contributed by atoms with Crippen LogP contribution < -0.4 is 16.0 Å². The first-order valence-electron chi connectivity index (χ1n) is 16.4. The van der Waals surface area contributed by atoms with Crippen molar-refractivity contribution in [2.45, 2.75) is 168 Å². The topological polar surface area (TPSA) is 70.2 Å². The third-order valence-corrected chi connectivity index (χ3v) is 7.26. The summed E-state index contributed by atoms with van der Waals surface area (Å²) >= 11 is 0. The molecule has 2 amide bonds. The summed E-state index contributed by atoms with van der Waals surface area (Å²) in [5.41, 5.74) is 0. The van der Waals surface area contributed by atoms with Crippen molar-refractivity contribution >= 4 is 11.8 Å². The molecule has 0 aliphatic rings. The number of unbranched alkanes of at least 4 members (excludes halogenated alkanes) is 20. The zero-order chi connectivity index (χ0) is 27.1. The van der Waals surface area contributed by atoms with Crippen LogP contribution in [0.5, 0.6) is 0 Å². The summed E-state index contributed by atoms with van der Waals surface area (Å²) in [7, 11) is 0. The molecule has 5 nitrogen and oxygen atoms in total. The Hall–Kier alpha value is -1.10. The maximum Gasteiger partial charge on any atom is 0.220 e. The van der Waals surface area contributed by atoms with Crippen molar-refractivity contribution in [1.29, 1.82) is 0 Å². The van der Waals surface area contributed by atoms with Gasteiger partial charge in [-0.25, -0.2) is 0 Å². The molecule has 0 saturated carbocycles. The monoisotopic (exact) mass is 524 g/mol. The highest BCUT2D eigenvalue weighted by Crippen LogP contribution is 2.13. The van der Waals surface area contributed by atoms with Crippen LogP contribution in [0.4, 0.5) is 0 Å². The molecule has 0 aromatic carbocycles. The van der Waals surface area contributed by atoms with Crippen molar-refractivity contribution in [2.75, 3.05) is 26.2 Å². The van der Waals surface area contributed by atoms with Crippen LogP contribution in [0, 0.1) is 0 Å². The Morgan fingerprint density at radius 3 is 0.946 bits per heavy atom. The first-order valence-corrected chi connectivity index (χ1v) is 16.4. The predicted molar refractivity (Wildman–Crippen MR) is 161 cm³/mol.